The van der Waals surface area contributed by atoms with Crippen LogP contribution in [-0.2, 0) is 14.3 Å². The highest BCUT2D eigenvalue weighted by molar-refractivity contribution is 5.76. The van der Waals surface area contributed by atoms with Gasteiger partial charge in [-0.15, -0.1) is 0 Å². The van der Waals surface area contributed by atoms with Crippen LogP contribution in [0.5, 0.6) is 0 Å². The second kappa shape index (κ2) is 5.56. The predicted molar refractivity (Wildman–Crippen MR) is 63.9 cm³/mol. The maximum atomic E-state index is 11.8. The summed E-state index contributed by atoms with van der Waals surface area (Å²) < 4.78 is 10.0. The number of hydrogen-bond acceptors (Lipinski definition) is 5. The zero-order chi connectivity index (χ0) is 13.9. The smallest absolute Gasteiger partial charge is 0.410 e. The highest BCUT2D eigenvalue weighted by Crippen LogP contribution is 2.21. The van der Waals surface area contributed by atoms with E-state index in [2.05, 4.69) is 0 Å². The molecule has 1 rings (SSSR count). The molecule has 104 valence electrons. The van der Waals surface area contributed by atoms with Crippen molar-refractivity contribution < 1.29 is 24.2 Å². The number of esters is 1. The summed E-state index contributed by atoms with van der Waals surface area (Å²) in [5.74, 6) is -1.16. The molecule has 1 fully saturated rings. The van der Waals surface area contributed by atoms with Crippen molar-refractivity contribution in [3.05, 3.63) is 0 Å². The number of β-amino-alcohol motifs (C(OH)–C–C–N with tert-alkyl or cyclic N) is 1. The van der Waals surface area contributed by atoms with Crippen LogP contribution in [0, 0.1) is 5.92 Å². The van der Waals surface area contributed by atoms with Crippen LogP contribution in [0.1, 0.15) is 27.7 Å². The van der Waals surface area contributed by atoms with Crippen LogP contribution in [0.15, 0.2) is 0 Å². The molecular weight excluding hydrogens is 238 g/mol. The van der Waals surface area contributed by atoms with Gasteiger partial charge in [-0.2, -0.15) is 0 Å². The van der Waals surface area contributed by atoms with Gasteiger partial charge in [0.05, 0.1) is 19.3 Å². The highest BCUT2D eigenvalue weighted by Gasteiger charge is 2.40. The van der Waals surface area contributed by atoms with Crippen LogP contribution in [0.4, 0.5) is 4.79 Å². The molecule has 0 aromatic heterocycles. The van der Waals surface area contributed by atoms with E-state index in [1.807, 2.05) is 0 Å². The highest BCUT2D eigenvalue weighted by atomic mass is 16.6. The Morgan fingerprint density at radius 2 is 1.94 bits per heavy atom. The standard InChI is InChI=1S/C12H21NO5/c1-5-17-10(15)8-6-13(7-9(8)14)11(16)18-12(2,3)4/h8-9,14H,5-7H2,1-4H3/t8-,9-/m0/s1. The lowest BCUT2D eigenvalue weighted by atomic mass is 10.1. The molecule has 6 heteroatoms. The van der Waals surface area contributed by atoms with Crippen LogP contribution < -0.4 is 0 Å². The number of carbonyl (C=O) groups is 2. The van der Waals surface area contributed by atoms with E-state index < -0.39 is 29.7 Å². The van der Waals surface area contributed by atoms with Gasteiger partial charge in [-0.05, 0) is 27.7 Å². The van der Waals surface area contributed by atoms with Crippen molar-refractivity contribution >= 4 is 12.1 Å². The lowest BCUT2D eigenvalue weighted by Crippen LogP contribution is -2.36. The molecule has 1 aliphatic rings. The fraction of sp³-hybridized carbons (Fsp3) is 0.833. The molecule has 1 aliphatic heterocycles. The van der Waals surface area contributed by atoms with Crippen LogP contribution >= 0.6 is 0 Å². The summed E-state index contributed by atoms with van der Waals surface area (Å²) in [5, 5.41) is 9.75. The molecule has 0 radical (unpaired) electrons. The maximum Gasteiger partial charge on any atom is 0.410 e. The van der Waals surface area contributed by atoms with Crippen LogP contribution in [0.3, 0.4) is 0 Å². The Labute approximate surface area is 107 Å². The zero-order valence-electron chi connectivity index (χ0n) is 11.3. The van der Waals surface area contributed by atoms with Gasteiger partial charge >= 0.3 is 12.1 Å². The molecule has 0 aliphatic carbocycles. The van der Waals surface area contributed by atoms with E-state index in [9.17, 15) is 14.7 Å². The molecular formula is C12H21NO5. The van der Waals surface area contributed by atoms with Gasteiger partial charge in [0.15, 0.2) is 0 Å². The molecule has 2 atom stereocenters. The van der Waals surface area contributed by atoms with Crippen molar-refractivity contribution in [1.29, 1.82) is 0 Å². The van der Waals surface area contributed by atoms with Crippen molar-refractivity contribution in [3.63, 3.8) is 0 Å². The lowest BCUT2D eigenvalue weighted by Gasteiger charge is -2.24. The summed E-state index contributed by atoms with van der Waals surface area (Å²) in [7, 11) is 0. The number of carbonyl (C=O) groups excluding carboxylic acids is 2. The van der Waals surface area contributed by atoms with E-state index in [1.54, 1.807) is 27.7 Å². The van der Waals surface area contributed by atoms with Gasteiger partial charge in [-0.25, -0.2) is 4.79 Å². The Bertz CT molecular complexity index is 323. The third-order valence-electron chi connectivity index (χ3n) is 2.53. The molecule has 1 N–H and O–H groups in total. The molecule has 1 heterocycles. The minimum absolute atomic E-state index is 0.0956. The van der Waals surface area contributed by atoms with Crippen molar-refractivity contribution in [3.8, 4) is 0 Å². The molecule has 0 bridgehead atoms. The van der Waals surface area contributed by atoms with E-state index in [-0.39, 0.29) is 19.7 Å². The quantitative estimate of drug-likeness (QED) is 0.741. The molecule has 0 aromatic carbocycles. The van der Waals surface area contributed by atoms with Gasteiger partial charge < -0.3 is 19.5 Å². The number of hydrogen-bond donors (Lipinski definition) is 1. The first-order valence-electron chi connectivity index (χ1n) is 6.07. The fourth-order valence-electron chi connectivity index (χ4n) is 1.74. The Hall–Kier alpha value is -1.30. The average molecular weight is 259 g/mol. The Morgan fingerprint density at radius 3 is 2.44 bits per heavy atom. The monoisotopic (exact) mass is 259 g/mol. The normalized spacial score (nSPS) is 23.9. The molecule has 1 saturated heterocycles. The molecule has 6 nitrogen and oxygen atoms in total. The topological polar surface area (TPSA) is 76.1 Å². The van der Waals surface area contributed by atoms with Crippen molar-refractivity contribution in [2.75, 3.05) is 19.7 Å². The second-order valence-electron chi connectivity index (χ2n) is 5.31. The summed E-state index contributed by atoms with van der Waals surface area (Å²) >= 11 is 0. The van der Waals surface area contributed by atoms with Gasteiger partial charge in [0.1, 0.15) is 11.5 Å². The molecule has 1 amide bonds. The van der Waals surface area contributed by atoms with Gasteiger partial charge in [0.2, 0.25) is 0 Å². The third-order valence-corrected chi connectivity index (χ3v) is 2.53. The van der Waals surface area contributed by atoms with E-state index >= 15 is 0 Å². The number of amides is 1. The maximum absolute atomic E-state index is 11.8. The number of nitrogens with zero attached hydrogens (tertiary/aromatic N) is 1. The molecule has 18 heavy (non-hydrogen) atoms. The molecule has 0 spiro atoms. The third kappa shape index (κ3) is 3.87. The Balaban J connectivity index is 2.58. The Morgan fingerprint density at radius 1 is 1.33 bits per heavy atom. The summed E-state index contributed by atoms with van der Waals surface area (Å²) in [4.78, 5) is 24.7. The van der Waals surface area contributed by atoms with Gasteiger partial charge in [0, 0.05) is 6.54 Å². The zero-order valence-corrected chi connectivity index (χ0v) is 11.3. The summed E-state index contributed by atoms with van der Waals surface area (Å²) in [6.07, 6.45) is -1.41. The SMILES string of the molecule is CCOC(=O)[C@H]1CN(C(=O)OC(C)(C)C)C[C@@H]1O. The summed E-state index contributed by atoms with van der Waals surface area (Å²) in [6, 6.07) is 0. The first-order valence-corrected chi connectivity index (χ1v) is 6.07. The molecule has 0 saturated carbocycles. The van der Waals surface area contributed by atoms with Gasteiger partial charge in [-0.1, -0.05) is 0 Å². The average Bonchev–Trinajstić information content (AvgIpc) is 2.58. The first kappa shape index (κ1) is 14.8. The summed E-state index contributed by atoms with van der Waals surface area (Å²) in [6.45, 7) is 7.48. The van der Waals surface area contributed by atoms with Crippen LogP contribution in [0.25, 0.3) is 0 Å². The molecule has 0 aromatic rings. The lowest BCUT2D eigenvalue weighted by molar-refractivity contribution is -0.150. The van der Waals surface area contributed by atoms with Gasteiger partial charge in [-0.3, -0.25) is 4.79 Å². The summed E-state index contributed by atoms with van der Waals surface area (Å²) in [5.41, 5.74) is -0.593. The van der Waals surface area contributed by atoms with Crippen molar-refractivity contribution in [2.45, 2.75) is 39.4 Å². The molecule has 0 unspecified atom stereocenters. The van der Waals surface area contributed by atoms with Crippen molar-refractivity contribution in [1.82, 2.24) is 4.90 Å². The number of aliphatic hydroxyl groups is 1. The Kier molecular flexibility index (Phi) is 4.56. The number of ether oxygens (including phenoxy) is 2. The van der Waals surface area contributed by atoms with Gasteiger partial charge in [0.25, 0.3) is 0 Å². The minimum Gasteiger partial charge on any atom is -0.466 e. The predicted octanol–water partition coefficient (Wildman–Crippen LogP) is 0.777. The van der Waals surface area contributed by atoms with Crippen LogP contribution in [-0.4, -0.2) is 53.5 Å². The number of rotatable bonds is 2. The van der Waals surface area contributed by atoms with E-state index in [0.29, 0.717) is 0 Å². The van der Waals surface area contributed by atoms with E-state index in [1.165, 1.54) is 4.90 Å². The number of aliphatic hydroxyl groups excluding tert-OH is 1. The first-order chi connectivity index (χ1) is 8.24. The van der Waals surface area contributed by atoms with E-state index in [4.69, 9.17) is 9.47 Å². The van der Waals surface area contributed by atoms with Crippen molar-refractivity contribution in [2.24, 2.45) is 5.92 Å². The fourth-order valence-corrected chi connectivity index (χ4v) is 1.74. The number of likely N-dealkylation sites (tertiary alicyclic amines) is 1. The minimum atomic E-state index is -0.892. The van der Waals surface area contributed by atoms with E-state index in [0.717, 1.165) is 0 Å². The largest absolute Gasteiger partial charge is 0.466 e. The van der Waals surface area contributed by atoms with Crippen LogP contribution in [0.2, 0.25) is 0 Å². The second-order valence-corrected chi connectivity index (χ2v) is 5.31.